The lowest BCUT2D eigenvalue weighted by atomic mass is 10.5. The summed E-state index contributed by atoms with van der Waals surface area (Å²) in [4.78, 5) is 23.8. The van der Waals surface area contributed by atoms with E-state index in [2.05, 4.69) is 30.5 Å². The Balaban J connectivity index is 2.27. The molecule has 0 unspecified atom stereocenters. The van der Waals surface area contributed by atoms with Gasteiger partial charge >= 0.3 is 5.69 Å². The van der Waals surface area contributed by atoms with E-state index in [1.807, 2.05) is 13.8 Å². The molecule has 0 bridgehead atoms. The van der Waals surface area contributed by atoms with Gasteiger partial charge in [-0.25, -0.2) is 9.89 Å². The molecule has 0 aliphatic carbocycles. The van der Waals surface area contributed by atoms with Crippen molar-refractivity contribution in [2.24, 2.45) is 0 Å². The number of hydrogen-bond acceptors (Lipinski definition) is 7. The van der Waals surface area contributed by atoms with E-state index in [9.17, 15) is 4.79 Å². The number of nitrogens with zero attached hydrogens (tertiary/aromatic N) is 5. The quantitative estimate of drug-likeness (QED) is 0.830. The van der Waals surface area contributed by atoms with Crippen molar-refractivity contribution in [2.75, 3.05) is 11.9 Å². The summed E-state index contributed by atoms with van der Waals surface area (Å²) in [6, 6.07) is 0. The van der Waals surface area contributed by atoms with Crippen LogP contribution in [0.2, 0.25) is 5.28 Å². The van der Waals surface area contributed by atoms with E-state index in [0.29, 0.717) is 29.4 Å². The standard InChI is InChI=1S/C10H14ClN7OS/c1-3-5-18-9(19)16-17-10(18)20-8-14-6(11)13-7(15-8)12-4-2/h3-5H2,1-2H3,(H,16,19)(H,12,13,14,15). The molecule has 0 atom stereocenters. The lowest BCUT2D eigenvalue weighted by Gasteiger charge is -2.05. The third kappa shape index (κ3) is 3.48. The maximum Gasteiger partial charge on any atom is 0.343 e. The number of H-pyrrole nitrogens is 1. The number of anilines is 1. The Morgan fingerprint density at radius 2 is 2.15 bits per heavy atom. The van der Waals surface area contributed by atoms with Crippen LogP contribution in [0.3, 0.4) is 0 Å². The smallest absolute Gasteiger partial charge is 0.343 e. The van der Waals surface area contributed by atoms with Crippen molar-refractivity contribution in [1.29, 1.82) is 0 Å². The molecule has 0 fully saturated rings. The fourth-order valence-electron chi connectivity index (χ4n) is 1.50. The first kappa shape index (κ1) is 14.8. The first-order valence-electron chi connectivity index (χ1n) is 6.12. The van der Waals surface area contributed by atoms with Crippen LogP contribution in [-0.2, 0) is 6.54 Å². The number of hydrogen-bond donors (Lipinski definition) is 2. The first-order chi connectivity index (χ1) is 9.63. The van der Waals surface area contributed by atoms with Crippen LogP contribution in [0.4, 0.5) is 5.95 Å². The molecule has 0 aromatic carbocycles. The highest BCUT2D eigenvalue weighted by Gasteiger charge is 2.13. The molecule has 2 aromatic heterocycles. The average Bonchev–Trinajstić information content (AvgIpc) is 2.72. The minimum Gasteiger partial charge on any atom is -0.354 e. The Labute approximate surface area is 124 Å². The second-order valence-electron chi connectivity index (χ2n) is 3.81. The van der Waals surface area contributed by atoms with Gasteiger partial charge in [0.2, 0.25) is 16.4 Å². The molecule has 0 amide bonds. The zero-order valence-corrected chi connectivity index (χ0v) is 12.6. The second kappa shape index (κ2) is 6.71. The van der Waals surface area contributed by atoms with Crippen molar-refractivity contribution in [3.05, 3.63) is 15.8 Å². The molecule has 108 valence electrons. The SMILES string of the molecule is CCCn1c(Sc2nc(Cl)nc(NCC)n2)n[nH]c1=O. The molecule has 20 heavy (non-hydrogen) atoms. The van der Waals surface area contributed by atoms with E-state index in [1.54, 1.807) is 0 Å². The van der Waals surface area contributed by atoms with E-state index in [4.69, 9.17) is 11.6 Å². The first-order valence-corrected chi connectivity index (χ1v) is 7.32. The van der Waals surface area contributed by atoms with Crippen molar-refractivity contribution in [2.45, 2.75) is 37.1 Å². The summed E-state index contributed by atoms with van der Waals surface area (Å²) in [5.41, 5.74) is -0.249. The number of aromatic nitrogens is 6. The summed E-state index contributed by atoms with van der Waals surface area (Å²) in [5.74, 6) is 0.398. The molecule has 0 radical (unpaired) electrons. The summed E-state index contributed by atoms with van der Waals surface area (Å²) >= 11 is 7.01. The Bertz CT molecular complexity index is 641. The molecule has 0 saturated carbocycles. The van der Waals surface area contributed by atoms with Crippen molar-refractivity contribution in [3.63, 3.8) is 0 Å². The number of nitrogens with one attached hydrogen (secondary N) is 2. The lowest BCUT2D eigenvalue weighted by molar-refractivity contribution is 0.603. The van der Waals surface area contributed by atoms with E-state index in [-0.39, 0.29) is 11.0 Å². The average molecular weight is 316 g/mol. The highest BCUT2D eigenvalue weighted by molar-refractivity contribution is 7.99. The Morgan fingerprint density at radius 3 is 2.85 bits per heavy atom. The Kier molecular flexibility index (Phi) is 4.96. The van der Waals surface area contributed by atoms with Gasteiger partial charge in [-0.2, -0.15) is 15.0 Å². The topological polar surface area (TPSA) is 101 Å². The predicted molar refractivity (Wildman–Crippen MR) is 76.3 cm³/mol. The zero-order valence-electron chi connectivity index (χ0n) is 11.1. The van der Waals surface area contributed by atoms with Crippen LogP contribution in [0.1, 0.15) is 20.3 Å². The van der Waals surface area contributed by atoms with E-state index in [1.165, 1.54) is 4.57 Å². The lowest BCUT2D eigenvalue weighted by Crippen LogP contribution is -2.17. The molecule has 8 nitrogen and oxygen atoms in total. The van der Waals surface area contributed by atoms with Crippen LogP contribution < -0.4 is 11.0 Å². The van der Waals surface area contributed by atoms with Crippen LogP contribution in [0.5, 0.6) is 0 Å². The fraction of sp³-hybridized carbons (Fsp3) is 0.500. The molecule has 10 heteroatoms. The molecule has 0 saturated heterocycles. The third-order valence-electron chi connectivity index (χ3n) is 2.28. The molecule has 0 aliphatic heterocycles. The van der Waals surface area contributed by atoms with Crippen molar-refractivity contribution in [3.8, 4) is 0 Å². The van der Waals surface area contributed by atoms with Gasteiger partial charge in [-0.3, -0.25) is 4.57 Å². The summed E-state index contributed by atoms with van der Waals surface area (Å²) < 4.78 is 1.54. The number of halogens is 1. The fourth-order valence-corrected chi connectivity index (χ4v) is 2.51. The van der Waals surface area contributed by atoms with Crippen LogP contribution in [-0.4, -0.2) is 36.3 Å². The Morgan fingerprint density at radius 1 is 1.35 bits per heavy atom. The zero-order chi connectivity index (χ0) is 14.5. The van der Waals surface area contributed by atoms with E-state index < -0.39 is 0 Å². The molecular formula is C10H14ClN7OS. The van der Waals surface area contributed by atoms with Gasteiger partial charge in [-0.1, -0.05) is 6.92 Å². The van der Waals surface area contributed by atoms with Crippen molar-refractivity contribution in [1.82, 2.24) is 29.7 Å². The van der Waals surface area contributed by atoms with Gasteiger partial charge in [0.05, 0.1) is 0 Å². The van der Waals surface area contributed by atoms with E-state index >= 15 is 0 Å². The summed E-state index contributed by atoms with van der Waals surface area (Å²) in [6.45, 7) is 5.16. The minimum atomic E-state index is -0.249. The predicted octanol–water partition coefficient (Wildman–Crippen LogP) is 1.40. The third-order valence-corrected chi connectivity index (χ3v) is 3.30. The molecule has 2 rings (SSSR count). The van der Waals surface area contributed by atoms with Crippen LogP contribution >= 0.6 is 23.4 Å². The molecule has 2 heterocycles. The minimum absolute atomic E-state index is 0.0957. The highest BCUT2D eigenvalue weighted by atomic mass is 35.5. The largest absolute Gasteiger partial charge is 0.354 e. The highest BCUT2D eigenvalue weighted by Crippen LogP contribution is 2.23. The van der Waals surface area contributed by atoms with Gasteiger partial charge in [0.25, 0.3) is 0 Å². The van der Waals surface area contributed by atoms with Crippen molar-refractivity contribution < 1.29 is 0 Å². The molecule has 2 aromatic rings. The van der Waals surface area contributed by atoms with Gasteiger partial charge in [-0.15, -0.1) is 5.10 Å². The molecule has 2 N–H and O–H groups in total. The summed E-state index contributed by atoms with van der Waals surface area (Å²) in [6.07, 6.45) is 0.827. The van der Waals surface area contributed by atoms with Gasteiger partial charge in [0.1, 0.15) is 0 Å². The van der Waals surface area contributed by atoms with E-state index in [0.717, 1.165) is 18.2 Å². The van der Waals surface area contributed by atoms with Gasteiger partial charge in [0.15, 0.2) is 5.16 Å². The molecule has 0 aliphatic rings. The monoisotopic (exact) mass is 315 g/mol. The Hall–Kier alpha value is -1.61. The van der Waals surface area contributed by atoms with Gasteiger partial charge in [0, 0.05) is 13.1 Å². The molecular weight excluding hydrogens is 302 g/mol. The van der Waals surface area contributed by atoms with Gasteiger partial charge < -0.3 is 5.32 Å². The number of aromatic amines is 1. The normalized spacial score (nSPS) is 10.8. The number of rotatable bonds is 6. The second-order valence-corrected chi connectivity index (χ2v) is 5.08. The van der Waals surface area contributed by atoms with Gasteiger partial charge in [-0.05, 0) is 36.7 Å². The maximum atomic E-state index is 11.6. The summed E-state index contributed by atoms with van der Waals surface area (Å²) in [5, 5.41) is 10.3. The summed E-state index contributed by atoms with van der Waals surface area (Å²) in [7, 11) is 0. The molecule has 0 spiro atoms. The maximum absolute atomic E-state index is 11.6. The van der Waals surface area contributed by atoms with Crippen molar-refractivity contribution >= 4 is 29.3 Å². The van der Waals surface area contributed by atoms with Crippen LogP contribution in [0.25, 0.3) is 0 Å². The van der Waals surface area contributed by atoms with Crippen LogP contribution in [0.15, 0.2) is 15.1 Å². The van der Waals surface area contributed by atoms with Crippen LogP contribution in [0, 0.1) is 0 Å².